The number of aromatic nitrogens is 6. The van der Waals surface area contributed by atoms with Gasteiger partial charge in [-0.15, -0.1) is 11.3 Å². The Morgan fingerprint density at radius 1 is 0.469 bits per heavy atom. The van der Waals surface area contributed by atoms with Crippen molar-refractivity contribution in [2.45, 2.75) is 6.18 Å². The molecule has 12 aromatic rings. The predicted octanol–water partition coefficient (Wildman–Crippen LogP) is 12.4. The maximum Gasteiger partial charge on any atom is 0.460 e. The second-order valence-electron chi connectivity index (χ2n) is 17.9. The number of thiophene rings is 1. The molecule has 5 heterocycles. The number of benzene rings is 8. The molecule has 0 fully saturated rings. The minimum absolute atomic E-state index is 0.000348. The number of ketones is 1. The zero-order valence-corrected chi connectivity index (χ0v) is 44.3. The van der Waals surface area contributed by atoms with Gasteiger partial charge in [0.25, 0.3) is 5.70 Å². The van der Waals surface area contributed by atoms with Crippen LogP contribution in [0.15, 0.2) is 224 Å². The smallest absolute Gasteiger partial charge is 0.460 e. The van der Waals surface area contributed by atoms with Gasteiger partial charge in [0.2, 0.25) is 5.70 Å². The van der Waals surface area contributed by atoms with Gasteiger partial charge in [-0.3, -0.25) is 29.9 Å². The number of quaternary nitrogens is 2. The third-order valence-electron chi connectivity index (χ3n) is 12.8. The number of hydroxylamine groups is 2. The van der Waals surface area contributed by atoms with Gasteiger partial charge in [-0.2, -0.15) is 13.2 Å². The number of nitrogens with zero attached hydrogens (tertiary/aromatic N) is 6. The van der Waals surface area contributed by atoms with E-state index in [0.717, 1.165) is 84.0 Å². The standard InChI is InChI=1S/C18H12N2.C16H14N2O2.C15H12N2O.C14H9F3N2O3S/c1-2-6-13(7-3-1)18-12-19-16-10-14-8-4-5-9-15(14)11-17(16)20-18;1-19-15-8-12-13(9-16(15)20-2)18-14(10-17-12)11-6-4-3-5-7-11;1-18-12-7-8-13-14(9-12)17-15(10-16-13)11-5-3-2-4-6-11;15-14(16,17)13(20)12-11(10-6-3-7-23-10)18(21)8-4-1-2-5-9(8)19(12)22/h1-12H;3-10H,1-2H3;2-10H,1H3;1-7,18-19H. The molecule has 1 aliphatic rings. The van der Waals surface area contributed by atoms with Crippen molar-refractivity contribution in [1.29, 1.82) is 0 Å². The quantitative estimate of drug-likeness (QED) is 0.109. The Labute approximate surface area is 465 Å². The van der Waals surface area contributed by atoms with Gasteiger partial charge in [-0.05, 0) is 46.5 Å². The van der Waals surface area contributed by atoms with Crippen LogP contribution in [0.1, 0.15) is 4.88 Å². The van der Waals surface area contributed by atoms with E-state index >= 15 is 0 Å². The highest BCUT2D eigenvalue weighted by Gasteiger charge is 2.50. The van der Waals surface area contributed by atoms with Crippen LogP contribution in [0.3, 0.4) is 0 Å². The summed E-state index contributed by atoms with van der Waals surface area (Å²) in [7, 11) is 4.86. The van der Waals surface area contributed by atoms with Crippen molar-refractivity contribution in [3.05, 3.63) is 239 Å². The molecule has 402 valence electrons. The SMILES string of the molecule is COc1cc2ncc(-c3ccccc3)nc2cc1OC.COc1ccc2ncc(-c3ccccc3)nc2c1.O=C(C1=C(c2cccs2)[NH+]([O-])c2ccccc2[NH+]1[O-])C(F)(F)F.c1ccc(-c2cnc3cc4ccccc4cc3n2)cc1. The van der Waals surface area contributed by atoms with E-state index in [1.807, 2.05) is 128 Å². The fraction of sp³-hybridized carbons (Fsp3) is 0.0635. The number of carbonyl (C=O) groups excluding carboxylic acids is 1. The first-order valence-corrected chi connectivity index (χ1v) is 25.9. The predicted molar refractivity (Wildman–Crippen MR) is 309 cm³/mol. The minimum atomic E-state index is -5.24. The summed E-state index contributed by atoms with van der Waals surface area (Å²) >= 11 is 0.991. The van der Waals surface area contributed by atoms with Crippen molar-refractivity contribution in [2.24, 2.45) is 0 Å². The molecule has 0 bridgehead atoms. The van der Waals surface area contributed by atoms with Gasteiger partial charge in [0.1, 0.15) is 5.75 Å². The minimum Gasteiger partial charge on any atom is -0.623 e. The van der Waals surface area contributed by atoms with Crippen molar-refractivity contribution < 1.29 is 42.3 Å². The summed E-state index contributed by atoms with van der Waals surface area (Å²) in [5.74, 6) is -0.197. The highest BCUT2D eigenvalue weighted by molar-refractivity contribution is 7.11. The molecule has 0 aliphatic carbocycles. The van der Waals surface area contributed by atoms with E-state index in [0.29, 0.717) is 11.5 Å². The Morgan fingerprint density at radius 3 is 1.38 bits per heavy atom. The Morgan fingerprint density at radius 2 is 0.901 bits per heavy atom. The van der Waals surface area contributed by atoms with E-state index in [2.05, 4.69) is 61.3 Å². The van der Waals surface area contributed by atoms with Gasteiger partial charge in [0.05, 0.1) is 95.0 Å². The molecule has 8 aromatic carbocycles. The maximum absolute atomic E-state index is 12.9. The fourth-order valence-electron chi connectivity index (χ4n) is 8.79. The number of hydrogen-bond acceptors (Lipinski definition) is 13. The molecule has 18 heteroatoms. The first-order chi connectivity index (χ1) is 39.4. The molecule has 1 aliphatic heterocycles. The lowest BCUT2D eigenvalue weighted by Gasteiger charge is -2.35. The summed E-state index contributed by atoms with van der Waals surface area (Å²) in [6, 6.07) is 60.4. The van der Waals surface area contributed by atoms with E-state index < -0.39 is 33.5 Å². The largest absolute Gasteiger partial charge is 0.623 e. The van der Waals surface area contributed by atoms with E-state index in [1.165, 1.54) is 47.2 Å². The topological polar surface area (TPSA) is 177 Å². The van der Waals surface area contributed by atoms with E-state index in [1.54, 1.807) is 39.1 Å². The number of fused-ring (bicyclic) bond motifs is 5. The summed E-state index contributed by atoms with van der Waals surface area (Å²) in [6.45, 7) is 0. The monoisotopic (exact) mass is 1100 g/mol. The Bertz CT molecular complexity index is 4200. The van der Waals surface area contributed by atoms with Crippen LogP contribution >= 0.6 is 11.3 Å². The molecule has 0 saturated carbocycles. The van der Waals surface area contributed by atoms with Crippen LogP contribution < -0.4 is 24.3 Å². The van der Waals surface area contributed by atoms with Gasteiger partial charge < -0.3 is 24.6 Å². The number of nitrogens with one attached hydrogen (secondary N) is 2. The second kappa shape index (κ2) is 24.5. The number of para-hydroxylation sites is 2. The second-order valence-corrected chi connectivity index (χ2v) is 18.8. The third-order valence-corrected chi connectivity index (χ3v) is 13.7. The number of hydrogen-bond donors (Lipinski definition) is 2. The van der Waals surface area contributed by atoms with Crippen LogP contribution in [0.5, 0.6) is 17.2 Å². The number of Topliss-reactive ketones (excluding diaryl/α,β-unsaturated/α-hetero) is 1. The number of alkyl halides is 3. The Kier molecular flexibility index (Phi) is 16.5. The first-order valence-electron chi connectivity index (χ1n) is 25.0. The molecule has 4 aromatic heterocycles. The van der Waals surface area contributed by atoms with Gasteiger partial charge in [-0.25, -0.2) is 15.0 Å². The zero-order valence-electron chi connectivity index (χ0n) is 43.5. The van der Waals surface area contributed by atoms with E-state index in [4.69, 9.17) is 19.2 Å². The van der Waals surface area contributed by atoms with Gasteiger partial charge in [0.15, 0.2) is 22.9 Å². The maximum atomic E-state index is 12.9. The molecular formula is C63H47F3N8O6S. The lowest BCUT2D eigenvalue weighted by molar-refractivity contribution is -0.772. The van der Waals surface area contributed by atoms with Crippen LogP contribution in [0.25, 0.3) is 83.3 Å². The lowest BCUT2D eigenvalue weighted by Crippen LogP contribution is -3.11. The van der Waals surface area contributed by atoms with Crippen molar-refractivity contribution >= 4 is 78.1 Å². The highest BCUT2D eigenvalue weighted by atomic mass is 32.1. The molecule has 14 nitrogen and oxygen atoms in total. The zero-order chi connectivity index (χ0) is 56.5. The van der Waals surface area contributed by atoms with Crippen molar-refractivity contribution in [1.82, 2.24) is 29.9 Å². The molecule has 0 amide bonds. The van der Waals surface area contributed by atoms with Crippen LogP contribution in [-0.4, -0.2) is 63.2 Å². The van der Waals surface area contributed by atoms with Crippen molar-refractivity contribution in [3.8, 4) is 51.0 Å². The highest BCUT2D eigenvalue weighted by Crippen LogP contribution is 2.33. The molecule has 81 heavy (non-hydrogen) atoms. The number of allylic oxidation sites excluding steroid dienone is 1. The number of halogens is 3. The summed E-state index contributed by atoms with van der Waals surface area (Å²) in [6.07, 6.45) is 0.167. The van der Waals surface area contributed by atoms with Gasteiger partial charge >= 0.3 is 12.0 Å². The lowest BCUT2D eigenvalue weighted by atomic mass is 10.1. The Hall–Kier alpha value is -9.82. The molecule has 2 unspecified atom stereocenters. The molecule has 2 atom stereocenters. The average Bonchev–Trinajstić information content (AvgIpc) is 4.18. The van der Waals surface area contributed by atoms with E-state index in [9.17, 15) is 28.4 Å². The molecule has 2 N–H and O–H groups in total. The van der Waals surface area contributed by atoms with Crippen LogP contribution in [-0.2, 0) is 4.79 Å². The molecule has 0 spiro atoms. The average molecular weight is 1100 g/mol. The summed E-state index contributed by atoms with van der Waals surface area (Å²) in [4.78, 5) is 39.3. The summed E-state index contributed by atoms with van der Waals surface area (Å²) < 4.78 is 54.4. The van der Waals surface area contributed by atoms with E-state index in [-0.39, 0.29) is 16.3 Å². The van der Waals surface area contributed by atoms with Crippen LogP contribution in [0.4, 0.5) is 24.5 Å². The molecule has 0 radical (unpaired) electrons. The first kappa shape index (κ1) is 54.5. The third kappa shape index (κ3) is 12.3. The van der Waals surface area contributed by atoms with Gasteiger partial charge in [0, 0.05) is 47.0 Å². The van der Waals surface area contributed by atoms with Crippen molar-refractivity contribution in [2.75, 3.05) is 21.3 Å². The molecule has 13 rings (SSSR count). The number of methoxy groups -OCH3 is 3. The number of rotatable bonds is 8. The molecule has 0 saturated heterocycles. The fourth-order valence-corrected chi connectivity index (χ4v) is 9.56. The Balaban J connectivity index is 0.000000122. The number of ether oxygens (including phenoxy) is 3. The number of carbonyl (C=O) groups is 1. The van der Waals surface area contributed by atoms with Gasteiger partial charge in [-0.1, -0.05) is 133 Å². The van der Waals surface area contributed by atoms with Crippen LogP contribution in [0, 0.1) is 10.4 Å². The normalized spacial score (nSPS) is 13.7. The molecular weight excluding hydrogens is 1050 g/mol. The van der Waals surface area contributed by atoms with Crippen molar-refractivity contribution in [3.63, 3.8) is 0 Å². The summed E-state index contributed by atoms with van der Waals surface area (Å²) in [5, 5.41) is 27.1. The van der Waals surface area contributed by atoms with Crippen LogP contribution in [0.2, 0.25) is 0 Å². The summed E-state index contributed by atoms with van der Waals surface area (Å²) in [5.41, 5.74) is 9.18.